The Kier molecular flexibility index (Phi) is 5.67. The van der Waals surface area contributed by atoms with Crippen molar-refractivity contribution >= 4 is 26.6 Å². The molecule has 33 heavy (non-hydrogen) atoms. The van der Waals surface area contributed by atoms with E-state index in [1.165, 1.54) is 16.8 Å². The zero-order valence-corrected chi connectivity index (χ0v) is 19.8. The van der Waals surface area contributed by atoms with Crippen molar-refractivity contribution < 1.29 is 8.42 Å². The van der Waals surface area contributed by atoms with Gasteiger partial charge in [0.1, 0.15) is 0 Å². The van der Waals surface area contributed by atoms with Gasteiger partial charge < -0.3 is 0 Å². The van der Waals surface area contributed by atoms with E-state index in [1.807, 2.05) is 24.3 Å². The molecule has 2 aromatic carbocycles. The monoisotopic (exact) mass is 456 g/mol. The third kappa shape index (κ3) is 4.13. The van der Waals surface area contributed by atoms with Gasteiger partial charge >= 0.3 is 0 Å². The summed E-state index contributed by atoms with van der Waals surface area (Å²) in [5, 5.41) is 0.814. The Morgan fingerprint density at radius 1 is 0.939 bits per heavy atom. The number of pyridine rings is 1. The van der Waals surface area contributed by atoms with Crippen LogP contribution in [0.3, 0.4) is 0 Å². The van der Waals surface area contributed by atoms with Crippen LogP contribution in [0.1, 0.15) is 48.1 Å². The van der Waals surface area contributed by atoms with Gasteiger partial charge in [0.25, 0.3) is 10.0 Å². The molecule has 0 unspecified atom stereocenters. The molecule has 1 aliphatic carbocycles. The summed E-state index contributed by atoms with van der Waals surface area (Å²) in [7, 11) is -3.85. The van der Waals surface area contributed by atoms with Gasteiger partial charge in [-0.15, -0.1) is 0 Å². The zero-order valence-electron chi connectivity index (χ0n) is 19.0. The smallest absolute Gasteiger partial charge is 0.237 e. The molecule has 168 valence electrons. The summed E-state index contributed by atoms with van der Waals surface area (Å²) in [5.74, 6) is 0.444. The lowest BCUT2D eigenvalue weighted by Gasteiger charge is -2.17. The number of hydrogen-bond acceptors (Lipinski definition) is 3. The molecular formula is C28H28N2O2S. The number of hydrogen-bond donors (Lipinski definition) is 0. The summed E-state index contributed by atoms with van der Waals surface area (Å²) in [6, 6.07) is 20.8. The quantitative estimate of drug-likeness (QED) is 0.344. The van der Waals surface area contributed by atoms with Crippen LogP contribution in [0, 0.1) is 19.8 Å². The van der Waals surface area contributed by atoms with Gasteiger partial charge in [-0.25, -0.2) is 17.4 Å². The van der Waals surface area contributed by atoms with Crippen molar-refractivity contribution in [1.29, 1.82) is 0 Å². The zero-order chi connectivity index (χ0) is 23.0. The van der Waals surface area contributed by atoms with Crippen molar-refractivity contribution in [2.45, 2.75) is 44.4 Å². The van der Waals surface area contributed by atoms with Gasteiger partial charge in [0.05, 0.1) is 10.6 Å². The number of fused-ring (bicyclic) bond motifs is 1. The molecule has 0 N–H and O–H groups in total. The Hall–Kier alpha value is -3.18. The van der Waals surface area contributed by atoms with E-state index in [0.717, 1.165) is 40.5 Å². The fraction of sp³-hybridized carbons (Fsp3) is 0.250. The van der Waals surface area contributed by atoms with Crippen LogP contribution in [0.15, 0.2) is 83.9 Å². The average molecular weight is 457 g/mol. The standard InChI is InChI=1S/C28H28N2O2S/c1-20-15-21(2)17-24(16-20)26(18-22-9-6-7-10-22)27-19-23-11-8-14-29-28(23)30(27)33(31,32)25-12-4-3-5-13-25/h3-5,8,11-19,22H,6-7,9-10H2,1-2H3. The van der Waals surface area contributed by atoms with Gasteiger partial charge in [0.2, 0.25) is 0 Å². The molecule has 5 heteroatoms. The Balaban J connectivity index is 1.82. The topological polar surface area (TPSA) is 52.0 Å². The molecule has 0 bridgehead atoms. The molecule has 1 fully saturated rings. The lowest BCUT2D eigenvalue weighted by molar-refractivity contribution is 0.588. The first-order valence-electron chi connectivity index (χ1n) is 11.5. The van der Waals surface area contributed by atoms with Crippen LogP contribution in [0.4, 0.5) is 0 Å². The van der Waals surface area contributed by atoms with Crippen LogP contribution in [0.25, 0.3) is 16.6 Å². The van der Waals surface area contributed by atoms with E-state index in [1.54, 1.807) is 30.5 Å². The second-order valence-corrected chi connectivity index (χ2v) is 10.8. The maximum absolute atomic E-state index is 13.9. The van der Waals surface area contributed by atoms with Gasteiger partial charge in [-0.3, -0.25) is 0 Å². The third-order valence-electron chi connectivity index (χ3n) is 6.41. The van der Waals surface area contributed by atoms with Crippen molar-refractivity contribution in [1.82, 2.24) is 8.96 Å². The highest BCUT2D eigenvalue weighted by molar-refractivity contribution is 7.90. The van der Waals surface area contributed by atoms with Crippen molar-refractivity contribution in [2.75, 3.05) is 0 Å². The van der Waals surface area contributed by atoms with E-state index < -0.39 is 10.0 Å². The summed E-state index contributed by atoms with van der Waals surface area (Å²) in [5.41, 5.74) is 5.46. The largest absolute Gasteiger partial charge is 0.269 e. The lowest BCUT2D eigenvalue weighted by Crippen LogP contribution is -2.16. The molecule has 2 heterocycles. The number of rotatable bonds is 5. The second kappa shape index (κ2) is 8.64. The summed E-state index contributed by atoms with van der Waals surface area (Å²) in [4.78, 5) is 4.75. The molecule has 0 aliphatic heterocycles. The van der Waals surface area contributed by atoms with Gasteiger partial charge in [-0.1, -0.05) is 66.4 Å². The van der Waals surface area contributed by atoms with E-state index >= 15 is 0 Å². The van der Waals surface area contributed by atoms with Crippen LogP contribution in [0.2, 0.25) is 0 Å². The Morgan fingerprint density at radius 2 is 1.64 bits per heavy atom. The first-order valence-corrected chi connectivity index (χ1v) is 13.0. The molecule has 1 aliphatic rings. The number of aryl methyl sites for hydroxylation is 2. The van der Waals surface area contributed by atoms with Crippen molar-refractivity contribution in [2.24, 2.45) is 5.92 Å². The molecule has 4 nitrogen and oxygen atoms in total. The average Bonchev–Trinajstić information content (AvgIpc) is 3.45. The molecule has 1 saturated carbocycles. The predicted molar refractivity (Wildman–Crippen MR) is 134 cm³/mol. The Labute approximate surface area is 195 Å². The van der Waals surface area contributed by atoms with Gasteiger partial charge in [-0.05, 0) is 68.5 Å². The lowest BCUT2D eigenvalue weighted by atomic mass is 9.94. The fourth-order valence-electron chi connectivity index (χ4n) is 4.96. The van der Waals surface area contributed by atoms with Gasteiger partial charge in [-0.2, -0.15) is 0 Å². The van der Waals surface area contributed by atoms with Crippen LogP contribution in [-0.2, 0) is 10.0 Å². The van der Waals surface area contributed by atoms with Crippen LogP contribution >= 0.6 is 0 Å². The Bertz CT molecular complexity index is 1420. The predicted octanol–water partition coefficient (Wildman–Crippen LogP) is 6.51. The molecule has 0 radical (unpaired) electrons. The van der Waals surface area contributed by atoms with E-state index in [0.29, 0.717) is 17.3 Å². The molecule has 4 aromatic rings. The summed E-state index contributed by atoms with van der Waals surface area (Å²) in [6.07, 6.45) is 8.66. The van der Waals surface area contributed by atoms with Crippen LogP contribution < -0.4 is 0 Å². The maximum Gasteiger partial charge on any atom is 0.269 e. The van der Waals surface area contributed by atoms with Crippen molar-refractivity contribution in [3.05, 3.63) is 101 Å². The van der Waals surface area contributed by atoms with Gasteiger partial charge in [0.15, 0.2) is 5.65 Å². The first kappa shape index (κ1) is 21.7. The highest BCUT2D eigenvalue weighted by Gasteiger charge is 2.27. The Morgan fingerprint density at radius 3 is 2.33 bits per heavy atom. The SMILES string of the molecule is Cc1cc(C)cc(C(=CC2CCCC2)c2cc3cccnc3n2S(=O)(=O)c2ccccc2)c1. The molecule has 0 spiro atoms. The minimum Gasteiger partial charge on any atom is -0.237 e. The minimum atomic E-state index is -3.85. The van der Waals surface area contributed by atoms with Crippen LogP contribution in [0.5, 0.6) is 0 Å². The van der Waals surface area contributed by atoms with Gasteiger partial charge in [0, 0.05) is 17.2 Å². The molecule has 5 rings (SSSR count). The number of nitrogens with zero attached hydrogens (tertiary/aromatic N) is 2. The number of benzene rings is 2. The molecule has 0 saturated heterocycles. The molecule has 0 atom stereocenters. The summed E-state index contributed by atoms with van der Waals surface area (Å²) < 4.78 is 29.3. The van der Waals surface area contributed by atoms with E-state index in [9.17, 15) is 8.42 Å². The van der Waals surface area contributed by atoms with Crippen LogP contribution in [-0.4, -0.2) is 17.4 Å². The second-order valence-electron chi connectivity index (χ2n) is 9.03. The summed E-state index contributed by atoms with van der Waals surface area (Å²) in [6.45, 7) is 4.17. The first-order chi connectivity index (χ1) is 15.9. The maximum atomic E-state index is 13.9. The highest BCUT2D eigenvalue weighted by atomic mass is 32.2. The number of allylic oxidation sites excluding steroid dienone is 1. The minimum absolute atomic E-state index is 0.259. The molecule has 2 aromatic heterocycles. The van der Waals surface area contributed by atoms with E-state index in [-0.39, 0.29) is 4.90 Å². The van der Waals surface area contributed by atoms with Crippen molar-refractivity contribution in [3.63, 3.8) is 0 Å². The normalized spacial score (nSPS) is 15.4. The van der Waals surface area contributed by atoms with E-state index in [2.05, 4.69) is 43.1 Å². The highest BCUT2D eigenvalue weighted by Crippen LogP contribution is 2.36. The molecule has 0 amide bonds. The summed E-state index contributed by atoms with van der Waals surface area (Å²) >= 11 is 0. The van der Waals surface area contributed by atoms with Crippen molar-refractivity contribution in [3.8, 4) is 0 Å². The molecular weight excluding hydrogens is 428 g/mol. The fourth-order valence-corrected chi connectivity index (χ4v) is 6.46. The van der Waals surface area contributed by atoms with E-state index in [4.69, 9.17) is 0 Å². The number of aromatic nitrogens is 2. The third-order valence-corrected chi connectivity index (χ3v) is 8.13.